The number of nitrogens with zero attached hydrogens (tertiary/aromatic N) is 3. The topological polar surface area (TPSA) is 145 Å². The summed E-state index contributed by atoms with van der Waals surface area (Å²) in [4.78, 5) is 5.28. The molecule has 12 heteroatoms. The van der Waals surface area contributed by atoms with Crippen molar-refractivity contribution in [2.75, 3.05) is 13.7 Å². The number of aromatic amines is 1. The summed E-state index contributed by atoms with van der Waals surface area (Å²) in [6.07, 6.45) is 1.27. The lowest BCUT2D eigenvalue weighted by Crippen LogP contribution is -2.61. The van der Waals surface area contributed by atoms with E-state index in [1.165, 1.54) is 11.8 Å². The van der Waals surface area contributed by atoms with E-state index in [1.807, 2.05) is 12.1 Å². The molecule has 2 heterocycles. The maximum absolute atomic E-state index is 14.0. The van der Waals surface area contributed by atoms with Gasteiger partial charge in [-0.25, -0.2) is 4.98 Å². The van der Waals surface area contributed by atoms with Crippen molar-refractivity contribution in [1.29, 1.82) is 10.8 Å². The average Bonchev–Trinajstić information content (AvgIpc) is 3.30. The summed E-state index contributed by atoms with van der Waals surface area (Å²) in [7, 11) is 1.66. The summed E-state index contributed by atoms with van der Waals surface area (Å²) >= 11 is 0. The molecule has 0 bridgehead atoms. The van der Waals surface area contributed by atoms with Crippen molar-refractivity contribution in [3.8, 4) is 11.3 Å². The van der Waals surface area contributed by atoms with E-state index in [9.17, 15) is 23.4 Å². The van der Waals surface area contributed by atoms with Gasteiger partial charge in [0, 0.05) is 29.5 Å². The fourth-order valence-electron chi connectivity index (χ4n) is 5.83. The van der Waals surface area contributed by atoms with Gasteiger partial charge in [-0.05, 0) is 62.6 Å². The first-order valence-electron chi connectivity index (χ1n) is 13.4. The number of hydrogen-bond acceptors (Lipinski definition) is 7. The smallest absolute Gasteiger partial charge is 0.394 e. The lowest BCUT2D eigenvalue weighted by atomic mass is 9.72. The van der Waals surface area contributed by atoms with Crippen LogP contribution >= 0.6 is 0 Å². The number of rotatable bonds is 9. The molecule has 0 aliphatic heterocycles. The molecule has 0 spiro atoms. The van der Waals surface area contributed by atoms with Crippen molar-refractivity contribution in [3.05, 3.63) is 47.3 Å². The molecule has 9 nitrogen and oxygen atoms in total. The molecule has 0 radical (unpaired) electrons. The predicted octanol–water partition coefficient (Wildman–Crippen LogP) is 4.71. The Bertz CT molecular complexity index is 1420. The van der Waals surface area contributed by atoms with Crippen LogP contribution in [0.3, 0.4) is 0 Å². The van der Waals surface area contributed by atoms with Crippen LogP contribution in [0.15, 0.2) is 30.3 Å². The van der Waals surface area contributed by atoms with Crippen LogP contribution in [0.2, 0.25) is 0 Å². The molecule has 2 fully saturated rings. The number of aliphatic hydroxyl groups is 2. The quantitative estimate of drug-likeness (QED) is 0.128. The summed E-state index contributed by atoms with van der Waals surface area (Å²) in [5.41, 5.74) is -2.40. The van der Waals surface area contributed by atoms with Crippen LogP contribution in [-0.4, -0.2) is 61.7 Å². The minimum absolute atomic E-state index is 0.148. The number of likely N-dealkylation sites (N-methyl/N-ethyl adjacent to an activating group) is 1. The third-order valence-corrected chi connectivity index (χ3v) is 8.44. The lowest BCUT2D eigenvalue weighted by molar-refractivity contribution is -0.141. The Morgan fingerprint density at radius 2 is 2.00 bits per heavy atom. The largest absolute Gasteiger partial charge is 0.433 e. The maximum Gasteiger partial charge on any atom is 0.433 e. The molecule has 0 saturated heterocycles. The second-order valence-corrected chi connectivity index (χ2v) is 11.3. The molecule has 1 aromatic carbocycles. The molecular weight excluding hydrogens is 523 g/mol. The number of amidine groups is 1. The minimum atomic E-state index is -4.78. The highest BCUT2D eigenvalue weighted by Gasteiger charge is 2.44. The second kappa shape index (κ2) is 10.2. The van der Waals surface area contributed by atoms with Gasteiger partial charge in [0.2, 0.25) is 0 Å². The zero-order valence-electron chi connectivity index (χ0n) is 22.4. The first-order valence-corrected chi connectivity index (χ1v) is 13.4. The Hall–Kier alpha value is -3.35. The van der Waals surface area contributed by atoms with E-state index < -0.39 is 23.1 Å². The van der Waals surface area contributed by atoms with Crippen LogP contribution in [0.25, 0.3) is 22.2 Å². The molecule has 2 saturated carbocycles. The van der Waals surface area contributed by atoms with Crippen molar-refractivity contribution in [2.45, 2.75) is 68.8 Å². The van der Waals surface area contributed by atoms with E-state index in [-0.39, 0.29) is 46.6 Å². The number of benzene rings is 1. The molecule has 214 valence electrons. The molecule has 2 aliphatic rings. The van der Waals surface area contributed by atoms with Crippen LogP contribution in [0.4, 0.5) is 13.2 Å². The molecule has 5 rings (SSSR count). The number of aliphatic hydroxyl groups excluding tert-OH is 1. The van der Waals surface area contributed by atoms with Gasteiger partial charge in [-0.3, -0.25) is 21.2 Å². The van der Waals surface area contributed by atoms with E-state index in [2.05, 4.69) is 20.5 Å². The van der Waals surface area contributed by atoms with Gasteiger partial charge < -0.3 is 15.1 Å². The summed E-state index contributed by atoms with van der Waals surface area (Å²) in [5.74, 6) is 0.251. The van der Waals surface area contributed by atoms with E-state index in [1.54, 1.807) is 19.2 Å². The normalized spacial score (nSPS) is 19.4. The van der Waals surface area contributed by atoms with Gasteiger partial charge in [-0.2, -0.15) is 18.3 Å². The molecule has 0 amide bonds. The van der Waals surface area contributed by atoms with E-state index in [0.717, 1.165) is 43.7 Å². The van der Waals surface area contributed by atoms with Crippen molar-refractivity contribution in [2.24, 2.45) is 5.92 Å². The molecule has 2 atom stereocenters. The van der Waals surface area contributed by atoms with Crippen LogP contribution in [-0.2, 0) is 11.9 Å². The lowest BCUT2D eigenvalue weighted by Gasteiger charge is -2.45. The van der Waals surface area contributed by atoms with Crippen molar-refractivity contribution < 1.29 is 23.4 Å². The summed E-state index contributed by atoms with van der Waals surface area (Å²) < 4.78 is 42.1. The third kappa shape index (κ3) is 4.99. The Morgan fingerprint density at radius 1 is 1.27 bits per heavy atom. The molecule has 2 aromatic heterocycles. The Kier molecular flexibility index (Phi) is 7.22. The fraction of sp³-hybridized carbons (Fsp3) is 0.500. The average molecular weight is 558 g/mol. The Morgan fingerprint density at radius 3 is 2.55 bits per heavy atom. The number of alkyl halides is 3. The van der Waals surface area contributed by atoms with Crippen LogP contribution < -0.4 is 5.32 Å². The number of nitrogens with one attached hydrogen (secondary N) is 4. The van der Waals surface area contributed by atoms with Gasteiger partial charge >= 0.3 is 6.18 Å². The summed E-state index contributed by atoms with van der Waals surface area (Å²) in [6.45, 7) is 1.07. The van der Waals surface area contributed by atoms with Gasteiger partial charge in [0.15, 0.2) is 5.72 Å². The Labute approximate surface area is 229 Å². The highest BCUT2D eigenvalue weighted by molar-refractivity contribution is 5.96. The van der Waals surface area contributed by atoms with E-state index in [0.29, 0.717) is 18.4 Å². The number of H-pyrrole nitrogens is 1. The van der Waals surface area contributed by atoms with Crippen molar-refractivity contribution in [1.82, 2.24) is 25.4 Å². The number of fused-ring (bicyclic) bond motifs is 1. The van der Waals surface area contributed by atoms with Gasteiger partial charge in [-0.15, -0.1) is 0 Å². The fourth-order valence-corrected chi connectivity index (χ4v) is 5.83. The highest BCUT2D eigenvalue weighted by atomic mass is 19.4. The molecule has 6 N–H and O–H groups in total. The number of aromatic nitrogens is 3. The van der Waals surface area contributed by atoms with Gasteiger partial charge in [0.25, 0.3) is 0 Å². The van der Waals surface area contributed by atoms with Crippen LogP contribution in [0.5, 0.6) is 0 Å². The third-order valence-electron chi connectivity index (χ3n) is 8.44. The monoisotopic (exact) mass is 557 g/mol. The van der Waals surface area contributed by atoms with Crippen LogP contribution in [0.1, 0.15) is 68.3 Å². The first-order chi connectivity index (χ1) is 18.9. The molecule has 2 aliphatic carbocycles. The molecular formula is C28H34F3N7O2. The predicted molar refractivity (Wildman–Crippen MR) is 145 cm³/mol. The second-order valence-electron chi connectivity index (χ2n) is 11.3. The first kappa shape index (κ1) is 28.2. The zero-order chi connectivity index (χ0) is 28.9. The van der Waals surface area contributed by atoms with E-state index >= 15 is 0 Å². The zero-order valence-corrected chi connectivity index (χ0v) is 22.4. The maximum atomic E-state index is 14.0. The highest BCUT2D eigenvalue weighted by Crippen LogP contribution is 2.43. The number of pyridine rings is 1. The molecule has 0 unspecified atom stereocenters. The summed E-state index contributed by atoms with van der Waals surface area (Å²) in [6, 6.07) is 8.20. The molecule has 3 aromatic rings. The standard InChI is InChI=1S/C28H34F3N7O2/c1-26(40,37-27(14-39)10-5-11-27)24-23-19(13-20(34-24)28(29,30)31)22(35-36-23)18-9-4-8-17(12-18)21(16-6-3-7-16)25(33)38(2)15-32/h4,8-9,12-13,15-16,21,32-33,37,39-40H,3,5-7,10-11,14H2,1-2H3,(H,35,36)/t21-,26-/m1/s1. The van der Waals surface area contributed by atoms with Crippen molar-refractivity contribution >= 4 is 23.1 Å². The minimum Gasteiger partial charge on any atom is -0.394 e. The van der Waals surface area contributed by atoms with Gasteiger partial charge in [-0.1, -0.05) is 24.6 Å². The van der Waals surface area contributed by atoms with E-state index in [4.69, 9.17) is 10.8 Å². The van der Waals surface area contributed by atoms with Crippen molar-refractivity contribution in [3.63, 3.8) is 0 Å². The van der Waals surface area contributed by atoms with Gasteiger partial charge in [0.05, 0.1) is 18.5 Å². The SMILES string of the molecule is CN(C=N)C(=N)[C@@H](c1cccc(-c2n[nH]c3c([C@@](C)(O)NC4(CO)CCC4)nc(C(F)(F)F)cc23)c1)C1CCC1. The van der Waals surface area contributed by atoms with Crippen LogP contribution in [0, 0.1) is 16.7 Å². The number of halogens is 3. The summed E-state index contributed by atoms with van der Waals surface area (Å²) in [5, 5.41) is 47.8. The number of hydrogen-bond donors (Lipinski definition) is 6. The van der Waals surface area contributed by atoms with Gasteiger partial charge in [0.1, 0.15) is 22.9 Å². The molecule has 40 heavy (non-hydrogen) atoms. The Balaban J connectivity index is 1.62.